The molecule has 21 heavy (non-hydrogen) atoms. The number of fused-ring (bicyclic) bond motifs is 1. The van der Waals surface area contributed by atoms with Gasteiger partial charge in [-0.25, -0.2) is 8.42 Å². The lowest BCUT2D eigenvalue weighted by Gasteiger charge is -2.24. The molecule has 0 bridgehead atoms. The fourth-order valence-corrected chi connectivity index (χ4v) is 4.75. The Balaban J connectivity index is 1.77. The van der Waals surface area contributed by atoms with Gasteiger partial charge in [-0.2, -0.15) is 4.31 Å². The molecule has 5 nitrogen and oxygen atoms in total. The van der Waals surface area contributed by atoms with E-state index in [4.69, 9.17) is 4.74 Å². The number of benzene rings is 1. The van der Waals surface area contributed by atoms with Crippen molar-refractivity contribution in [3.8, 4) is 5.75 Å². The van der Waals surface area contributed by atoms with Crippen LogP contribution in [0.5, 0.6) is 5.75 Å². The predicted octanol–water partition coefficient (Wildman–Crippen LogP) is 1.46. The monoisotopic (exact) mass is 310 g/mol. The van der Waals surface area contributed by atoms with Gasteiger partial charge in [0.2, 0.25) is 10.0 Å². The first-order valence-corrected chi connectivity index (χ1v) is 9.01. The van der Waals surface area contributed by atoms with Gasteiger partial charge in [0.1, 0.15) is 5.75 Å². The third-order valence-corrected chi connectivity index (χ3v) is 6.18. The van der Waals surface area contributed by atoms with E-state index < -0.39 is 10.0 Å². The van der Waals surface area contributed by atoms with Gasteiger partial charge in [-0.15, -0.1) is 0 Å². The molecule has 0 aromatic heterocycles. The first kappa shape index (κ1) is 14.8. The standard InChI is InChI=1S/C15H22N2O3S/c1-2-20-13-5-7-14(8-6-13)21(18,19)17-10-12-4-3-9-16-15(12)11-17/h5-8,12,15-16H,2-4,9-11H2,1H3. The summed E-state index contributed by atoms with van der Waals surface area (Å²) >= 11 is 0. The maximum atomic E-state index is 12.7. The van der Waals surface area contributed by atoms with E-state index >= 15 is 0 Å². The highest BCUT2D eigenvalue weighted by atomic mass is 32.2. The van der Waals surface area contributed by atoms with E-state index in [2.05, 4.69) is 5.32 Å². The van der Waals surface area contributed by atoms with E-state index in [1.807, 2.05) is 6.92 Å². The molecule has 3 rings (SSSR count). The van der Waals surface area contributed by atoms with E-state index in [9.17, 15) is 8.42 Å². The number of sulfonamides is 1. The molecule has 2 unspecified atom stereocenters. The van der Waals surface area contributed by atoms with Gasteiger partial charge in [0.15, 0.2) is 0 Å². The molecule has 2 atom stereocenters. The van der Waals surface area contributed by atoms with Crippen molar-refractivity contribution < 1.29 is 13.2 Å². The van der Waals surface area contributed by atoms with Crippen LogP contribution in [0.2, 0.25) is 0 Å². The van der Waals surface area contributed by atoms with Crippen molar-refractivity contribution in [2.45, 2.75) is 30.7 Å². The van der Waals surface area contributed by atoms with Crippen molar-refractivity contribution in [1.82, 2.24) is 9.62 Å². The third kappa shape index (κ3) is 2.93. The van der Waals surface area contributed by atoms with Crippen LogP contribution < -0.4 is 10.1 Å². The van der Waals surface area contributed by atoms with Crippen molar-refractivity contribution in [1.29, 1.82) is 0 Å². The molecule has 2 heterocycles. The van der Waals surface area contributed by atoms with Crippen molar-refractivity contribution in [2.75, 3.05) is 26.2 Å². The van der Waals surface area contributed by atoms with Gasteiger partial charge >= 0.3 is 0 Å². The number of rotatable bonds is 4. The molecule has 1 aromatic rings. The van der Waals surface area contributed by atoms with Crippen LogP contribution in [-0.2, 0) is 10.0 Å². The summed E-state index contributed by atoms with van der Waals surface area (Å²) in [5.74, 6) is 1.16. The van der Waals surface area contributed by atoms with E-state index in [1.54, 1.807) is 28.6 Å². The third-order valence-electron chi connectivity index (χ3n) is 4.34. The minimum absolute atomic E-state index is 0.316. The molecule has 2 fully saturated rings. The van der Waals surface area contributed by atoms with Crippen molar-refractivity contribution in [3.05, 3.63) is 24.3 Å². The summed E-state index contributed by atoms with van der Waals surface area (Å²) < 4.78 is 32.4. The Morgan fingerprint density at radius 1 is 1.29 bits per heavy atom. The number of nitrogens with one attached hydrogen (secondary N) is 1. The van der Waals surface area contributed by atoms with Crippen LogP contribution in [0.15, 0.2) is 29.2 Å². The highest BCUT2D eigenvalue weighted by Crippen LogP contribution is 2.29. The van der Waals surface area contributed by atoms with Crippen LogP contribution in [0.3, 0.4) is 0 Å². The molecule has 1 aromatic carbocycles. The van der Waals surface area contributed by atoms with Crippen molar-refractivity contribution in [2.24, 2.45) is 5.92 Å². The SMILES string of the molecule is CCOc1ccc(S(=O)(=O)N2CC3CCCNC3C2)cc1. The molecule has 6 heteroatoms. The topological polar surface area (TPSA) is 58.6 Å². The Kier molecular flexibility index (Phi) is 4.19. The normalized spacial score (nSPS) is 26.5. The number of hydrogen-bond donors (Lipinski definition) is 1. The zero-order chi connectivity index (χ0) is 14.9. The molecule has 0 saturated carbocycles. The summed E-state index contributed by atoms with van der Waals surface area (Å²) in [4.78, 5) is 0.351. The Hall–Kier alpha value is -1.11. The minimum Gasteiger partial charge on any atom is -0.494 e. The second-order valence-corrected chi connectivity index (χ2v) is 7.63. The van der Waals surface area contributed by atoms with Crippen LogP contribution >= 0.6 is 0 Å². The van der Waals surface area contributed by atoms with Crippen LogP contribution in [0.1, 0.15) is 19.8 Å². The van der Waals surface area contributed by atoms with E-state index in [-0.39, 0.29) is 0 Å². The van der Waals surface area contributed by atoms with E-state index in [1.165, 1.54) is 0 Å². The van der Waals surface area contributed by atoms with Crippen LogP contribution in [0.25, 0.3) is 0 Å². The highest BCUT2D eigenvalue weighted by molar-refractivity contribution is 7.89. The van der Waals surface area contributed by atoms with Crippen LogP contribution in [0, 0.1) is 5.92 Å². The van der Waals surface area contributed by atoms with E-state index in [0.29, 0.717) is 42.3 Å². The van der Waals surface area contributed by atoms with Gasteiger partial charge in [0.05, 0.1) is 11.5 Å². The lowest BCUT2D eigenvalue weighted by Crippen LogP contribution is -2.41. The average molecular weight is 310 g/mol. The minimum atomic E-state index is -3.39. The number of piperidine rings is 1. The average Bonchev–Trinajstić information content (AvgIpc) is 2.93. The lowest BCUT2D eigenvalue weighted by molar-refractivity contribution is 0.339. The van der Waals surface area contributed by atoms with Gasteiger partial charge in [0.25, 0.3) is 0 Å². The van der Waals surface area contributed by atoms with Crippen LogP contribution in [0.4, 0.5) is 0 Å². The number of hydrogen-bond acceptors (Lipinski definition) is 4. The largest absolute Gasteiger partial charge is 0.494 e. The van der Waals surface area contributed by atoms with Crippen LogP contribution in [-0.4, -0.2) is 45.0 Å². The molecule has 2 aliphatic rings. The lowest BCUT2D eigenvalue weighted by atomic mass is 9.94. The van der Waals surface area contributed by atoms with Crippen molar-refractivity contribution >= 4 is 10.0 Å². The molecular formula is C15H22N2O3S. The summed E-state index contributed by atoms with van der Waals surface area (Å²) in [6.07, 6.45) is 2.26. The Labute approximate surface area is 126 Å². The summed E-state index contributed by atoms with van der Waals surface area (Å²) in [5, 5.41) is 3.43. The first-order chi connectivity index (χ1) is 10.1. The van der Waals surface area contributed by atoms with Gasteiger partial charge < -0.3 is 10.1 Å². The Morgan fingerprint density at radius 3 is 2.71 bits per heavy atom. The summed E-state index contributed by atoms with van der Waals surface area (Å²) in [6.45, 7) is 4.70. The summed E-state index contributed by atoms with van der Waals surface area (Å²) in [7, 11) is -3.39. The Morgan fingerprint density at radius 2 is 2.05 bits per heavy atom. The summed E-state index contributed by atoms with van der Waals surface area (Å²) in [5.41, 5.74) is 0. The smallest absolute Gasteiger partial charge is 0.243 e. The molecule has 1 N–H and O–H groups in total. The second-order valence-electron chi connectivity index (χ2n) is 5.69. The molecule has 2 saturated heterocycles. The van der Waals surface area contributed by atoms with Crippen molar-refractivity contribution in [3.63, 3.8) is 0 Å². The second kappa shape index (κ2) is 5.94. The van der Waals surface area contributed by atoms with Gasteiger partial charge in [0, 0.05) is 19.1 Å². The van der Waals surface area contributed by atoms with E-state index in [0.717, 1.165) is 19.4 Å². The molecule has 2 aliphatic heterocycles. The number of ether oxygens (including phenoxy) is 1. The number of nitrogens with zero attached hydrogens (tertiary/aromatic N) is 1. The maximum Gasteiger partial charge on any atom is 0.243 e. The highest BCUT2D eigenvalue weighted by Gasteiger charge is 2.40. The summed E-state index contributed by atoms with van der Waals surface area (Å²) in [6, 6.07) is 7.03. The zero-order valence-corrected chi connectivity index (χ0v) is 13.1. The van der Waals surface area contributed by atoms with Gasteiger partial charge in [-0.3, -0.25) is 0 Å². The molecule has 0 aliphatic carbocycles. The molecule has 0 radical (unpaired) electrons. The zero-order valence-electron chi connectivity index (χ0n) is 12.3. The fraction of sp³-hybridized carbons (Fsp3) is 0.600. The predicted molar refractivity (Wildman–Crippen MR) is 80.9 cm³/mol. The van der Waals surface area contributed by atoms with Gasteiger partial charge in [-0.05, 0) is 56.5 Å². The maximum absolute atomic E-state index is 12.7. The first-order valence-electron chi connectivity index (χ1n) is 7.57. The molecular weight excluding hydrogens is 288 g/mol. The molecule has 0 spiro atoms. The fourth-order valence-electron chi connectivity index (χ4n) is 3.23. The van der Waals surface area contributed by atoms with Gasteiger partial charge in [-0.1, -0.05) is 0 Å². The quantitative estimate of drug-likeness (QED) is 0.915. The molecule has 0 amide bonds. The molecule has 116 valence electrons. The Bertz CT molecular complexity index is 571.